The number of nitrogens with zero attached hydrogens (tertiary/aromatic N) is 1. The predicted octanol–water partition coefficient (Wildman–Crippen LogP) is 4.70. The minimum atomic E-state index is -5.92. The van der Waals surface area contributed by atoms with Gasteiger partial charge in [-0.25, -0.2) is 31.4 Å². The van der Waals surface area contributed by atoms with Crippen molar-refractivity contribution >= 4 is 48.6 Å². The molecule has 1 heterocycles. The molecule has 51 heavy (non-hydrogen) atoms. The molecule has 0 aromatic heterocycles. The Kier molecular flexibility index (Phi) is 13.2. The Hall–Kier alpha value is -4.74. The van der Waals surface area contributed by atoms with E-state index < -0.39 is 37.5 Å². The average molecular weight is 754 g/mol. The normalized spacial score (nSPS) is 12.3. The van der Waals surface area contributed by atoms with Gasteiger partial charge in [0.1, 0.15) is 31.1 Å². The van der Waals surface area contributed by atoms with Crippen molar-refractivity contribution < 1.29 is 58.5 Å². The highest BCUT2D eigenvalue weighted by molar-refractivity contribution is 8.12. The summed E-state index contributed by atoms with van der Waals surface area (Å²) in [6, 6.07) is 15.6. The second-order valence-corrected chi connectivity index (χ2v) is 14.7. The number of hydrogen-bond acceptors (Lipinski definition) is 10. The van der Waals surface area contributed by atoms with Crippen LogP contribution in [0.3, 0.4) is 0 Å². The Morgan fingerprint density at radius 1 is 0.961 bits per heavy atom. The number of esters is 2. The molecule has 1 aliphatic carbocycles. The number of rotatable bonds is 11. The SMILES string of the molecule is C=C(C)C(=O)OCCOC(=O)c1ccccc1-c1c2cc(C)c(=[NH+]CC)cc-2oc2cc(NCC)c(C)cc12.CS(=O)(=O)[N-]S(=O)(=O)C(F)(F)F. The van der Waals surface area contributed by atoms with E-state index in [9.17, 15) is 39.6 Å². The number of benzene rings is 3. The second kappa shape index (κ2) is 16.5. The summed E-state index contributed by atoms with van der Waals surface area (Å²) >= 11 is 0. The van der Waals surface area contributed by atoms with Gasteiger partial charge in [-0.05, 0) is 63.9 Å². The molecule has 0 spiro atoms. The zero-order chi connectivity index (χ0) is 38.3. The number of carbonyl (C=O) groups is 2. The summed E-state index contributed by atoms with van der Waals surface area (Å²) in [7, 11) is -10.5. The molecular formula is C34H38F3N3O9S2. The number of nitrogens with one attached hydrogen (secondary N) is 2. The molecule has 0 bridgehead atoms. The van der Waals surface area contributed by atoms with Crippen molar-refractivity contribution in [2.75, 3.05) is 37.9 Å². The first-order valence-corrected chi connectivity index (χ1v) is 18.7. The van der Waals surface area contributed by atoms with Gasteiger partial charge in [0.25, 0.3) is 0 Å². The van der Waals surface area contributed by atoms with Gasteiger partial charge >= 0.3 is 17.4 Å². The molecule has 17 heteroatoms. The quantitative estimate of drug-likeness (QED) is 0.0946. The maximum absolute atomic E-state index is 13.3. The zero-order valence-corrected chi connectivity index (χ0v) is 30.4. The van der Waals surface area contributed by atoms with E-state index in [1.165, 1.54) is 0 Å². The van der Waals surface area contributed by atoms with E-state index in [0.29, 0.717) is 22.5 Å². The lowest BCUT2D eigenvalue weighted by molar-refractivity contribution is -0.496. The van der Waals surface area contributed by atoms with Crippen LogP contribution in [0.15, 0.2) is 65.1 Å². The third-order valence-electron chi connectivity index (χ3n) is 6.99. The summed E-state index contributed by atoms with van der Waals surface area (Å²) in [4.78, 5) is 28.3. The minimum absolute atomic E-state index is 0.0471. The lowest BCUT2D eigenvalue weighted by Gasteiger charge is -2.19. The van der Waals surface area contributed by atoms with Gasteiger partial charge < -0.3 is 23.3 Å². The maximum Gasteiger partial charge on any atom is 0.480 e. The van der Waals surface area contributed by atoms with Crippen LogP contribution >= 0.6 is 0 Å². The number of anilines is 1. The van der Waals surface area contributed by atoms with Crippen LogP contribution in [0.5, 0.6) is 0 Å². The van der Waals surface area contributed by atoms with E-state index in [1.54, 1.807) is 17.1 Å². The minimum Gasteiger partial charge on any atom is -0.459 e. The van der Waals surface area contributed by atoms with E-state index in [0.717, 1.165) is 57.3 Å². The van der Waals surface area contributed by atoms with Crippen LogP contribution in [-0.2, 0) is 34.3 Å². The maximum atomic E-state index is 13.3. The van der Waals surface area contributed by atoms with Crippen molar-refractivity contribution in [1.82, 2.24) is 0 Å². The highest BCUT2D eigenvalue weighted by Crippen LogP contribution is 2.43. The van der Waals surface area contributed by atoms with E-state index in [4.69, 9.17) is 13.9 Å². The van der Waals surface area contributed by atoms with Crippen LogP contribution in [0.2, 0.25) is 0 Å². The molecule has 0 amide bonds. The van der Waals surface area contributed by atoms with Gasteiger partial charge in [0.05, 0.1) is 21.7 Å². The monoisotopic (exact) mass is 753 g/mol. The topological polar surface area (TPSA) is 174 Å². The van der Waals surface area contributed by atoms with Crippen LogP contribution in [0.4, 0.5) is 18.9 Å². The van der Waals surface area contributed by atoms with Crippen LogP contribution < -0.4 is 15.7 Å². The smallest absolute Gasteiger partial charge is 0.459 e. The highest BCUT2D eigenvalue weighted by atomic mass is 32.3. The van der Waals surface area contributed by atoms with Crippen molar-refractivity contribution in [2.24, 2.45) is 0 Å². The molecule has 0 atom stereocenters. The zero-order valence-electron chi connectivity index (χ0n) is 28.7. The third kappa shape index (κ3) is 10.4. The Morgan fingerprint density at radius 2 is 1.61 bits per heavy atom. The lowest BCUT2D eigenvalue weighted by atomic mass is 9.89. The van der Waals surface area contributed by atoms with Crippen LogP contribution in [-0.4, -0.2) is 66.8 Å². The Labute approximate surface area is 293 Å². The fourth-order valence-electron chi connectivity index (χ4n) is 4.82. The van der Waals surface area contributed by atoms with Gasteiger partial charge in [-0.15, -0.1) is 0 Å². The van der Waals surface area contributed by atoms with Gasteiger partial charge in [0.15, 0.2) is 10.0 Å². The summed E-state index contributed by atoms with van der Waals surface area (Å²) in [6.07, 6.45) is 0.246. The van der Waals surface area contributed by atoms with E-state index in [-0.39, 0.29) is 19.5 Å². The summed E-state index contributed by atoms with van der Waals surface area (Å²) in [5.74, 6) is -0.307. The molecule has 2 aromatic rings. The first kappa shape index (κ1) is 40.7. The number of hydrogen-bond donors (Lipinski definition) is 2. The lowest BCUT2D eigenvalue weighted by Crippen LogP contribution is -2.76. The first-order valence-electron chi connectivity index (χ1n) is 15.4. The molecule has 2 aliphatic rings. The molecule has 4 rings (SSSR count). The molecule has 0 saturated carbocycles. The largest absolute Gasteiger partial charge is 0.480 e. The first-order chi connectivity index (χ1) is 23.7. The molecule has 1 aliphatic heterocycles. The summed E-state index contributed by atoms with van der Waals surface area (Å²) in [5, 5.41) is 5.29. The number of ether oxygens (including phenoxy) is 2. The molecule has 0 fully saturated rings. The molecule has 276 valence electrons. The average Bonchev–Trinajstić information content (AvgIpc) is 3.02. The summed E-state index contributed by atoms with van der Waals surface area (Å²) in [5.41, 5.74) is 1.41. The van der Waals surface area contributed by atoms with Gasteiger partial charge in [0.2, 0.25) is 5.36 Å². The molecule has 0 radical (unpaired) electrons. The van der Waals surface area contributed by atoms with Gasteiger partial charge in [-0.2, -0.15) is 13.2 Å². The number of sulfonamides is 2. The highest BCUT2D eigenvalue weighted by Gasteiger charge is 2.40. The third-order valence-corrected chi connectivity index (χ3v) is 9.44. The Morgan fingerprint density at radius 3 is 2.18 bits per heavy atom. The van der Waals surface area contributed by atoms with Crippen molar-refractivity contribution in [1.29, 1.82) is 0 Å². The van der Waals surface area contributed by atoms with Crippen molar-refractivity contribution in [3.05, 3.63) is 86.9 Å². The number of carbonyl (C=O) groups excluding carboxylic acids is 2. The number of aryl methyl sites for hydroxylation is 2. The second-order valence-electron chi connectivity index (χ2n) is 11.2. The molecule has 2 N–H and O–H groups in total. The fourth-order valence-corrected chi connectivity index (χ4v) is 6.58. The molecule has 0 saturated heterocycles. The summed E-state index contributed by atoms with van der Waals surface area (Å²) in [6.45, 7) is 14.8. The molecule has 12 nitrogen and oxygen atoms in total. The standard InChI is InChI=1S/C32H34N2O5.C2H3F3NO4S2/c1-7-33-26-17-28-24(15-20(26)5)30(25-16-21(6)27(34-8-2)18-29(25)39-28)22-11-9-10-12-23(22)32(36)38-14-13-37-31(35)19(3)4;1-11(7,8)6-12(9,10)2(3,4)5/h9-12,15-18,33H,3,7-8,13-14H2,1-2,4-6H3;1H3/q;-1/p+1. The summed E-state index contributed by atoms with van der Waals surface area (Å²) < 4.78 is 93.0. The van der Waals surface area contributed by atoms with Crippen LogP contribution in [0, 0.1) is 13.8 Å². The Bertz CT molecular complexity index is 2210. The van der Waals surface area contributed by atoms with Crippen LogP contribution in [0.25, 0.3) is 37.5 Å². The number of halogens is 3. The Balaban J connectivity index is 0.000000501. The van der Waals surface area contributed by atoms with E-state index in [2.05, 4.69) is 56.7 Å². The van der Waals surface area contributed by atoms with Gasteiger partial charge in [0, 0.05) is 52.2 Å². The predicted molar refractivity (Wildman–Crippen MR) is 186 cm³/mol. The van der Waals surface area contributed by atoms with Crippen molar-refractivity contribution in [3.8, 4) is 22.5 Å². The molecule has 0 unspecified atom stereocenters. The van der Waals surface area contributed by atoms with Gasteiger partial charge in [-0.1, -0.05) is 24.8 Å². The van der Waals surface area contributed by atoms with Crippen LogP contribution in [0.1, 0.15) is 42.3 Å². The molecular weight excluding hydrogens is 716 g/mol. The van der Waals surface area contributed by atoms with Gasteiger partial charge in [-0.3, -0.25) is 0 Å². The number of fused-ring (bicyclic) bond motifs is 2. The van der Waals surface area contributed by atoms with Crippen molar-refractivity contribution in [2.45, 2.75) is 40.1 Å². The van der Waals surface area contributed by atoms with E-state index in [1.807, 2.05) is 30.3 Å². The van der Waals surface area contributed by atoms with E-state index >= 15 is 0 Å². The number of alkyl halides is 3. The fraction of sp³-hybridized carbons (Fsp3) is 0.324. The molecule has 2 aromatic carbocycles. The van der Waals surface area contributed by atoms with Crippen molar-refractivity contribution in [3.63, 3.8) is 0 Å².